The van der Waals surface area contributed by atoms with Gasteiger partial charge in [-0.15, -0.1) is 0 Å². The van der Waals surface area contributed by atoms with Gasteiger partial charge in [0.05, 0.1) is 342 Å². The Labute approximate surface area is 659 Å². The van der Waals surface area contributed by atoms with Crippen LogP contribution in [0.3, 0.4) is 0 Å². The van der Waals surface area contributed by atoms with Gasteiger partial charge in [-0.2, -0.15) is 0 Å². The number of hydrogen-bond donors (Lipinski definition) is 8. The van der Waals surface area contributed by atoms with Crippen molar-refractivity contribution >= 4 is 35.6 Å². The molecule has 5 unspecified atom stereocenters. The van der Waals surface area contributed by atoms with Crippen molar-refractivity contribution < 1.29 is 172 Å². The molecule has 0 radical (unpaired) electrons. The molecule has 0 aromatic carbocycles. The average Bonchev–Trinajstić information content (AvgIpc) is 0.804. The van der Waals surface area contributed by atoms with Gasteiger partial charge in [0.1, 0.15) is 30.0 Å². The summed E-state index contributed by atoms with van der Waals surface area (Å²) in [7, 11) is 0. The van der Waals surface area contributed by atoms with Crippen molar-refractivity contribution in [3.8, 4) is 0 Å². The van der Waals surface area contributed by atoms with Crippen molar-refractivity contribution in [2.75, 3.05) is 337 Å². The number of carboxylic acids is 1. The standard InChI is InChI=1S/C72H136N4O36/c1-60(78)75-67-69(85)68(84)62(59-77)111-71(67)76-64(80)57-61(58-66(83)112-72(2,3)4)70(86)74-8-12-90-16-20-94-24-28-98-32-36-102-40-44-106-48-52-110-55-53-107-49-45-103-41-37-99-33-29-95-25-21-91-17-13-87-9-5-63(79)73-7-11-89-15-19-93-23-27-97-31-35-101-39-43-105-47-51-109-56-54-108-50-46-104-42-38-100-34-30-96-26-22-92-18-14-88-10-6-65(81)82/h61-62,67-69,71,77,84-85H,5-59H2,1-4H3,(H,73,79)(H,74,86)(H,75,78)(H,76,80)(H,81,82)/t61-,62?,67?,68?,69?,71?/m1/s1. The molecule has 6 atom stereocenters. The highest BCUT2D eigenvalue weighted by atomic mass is 16.6. The number of aliphatic hydroxyl groups excluding tert-OH is 3. The van der Waals surface area contributed by atoms with Crippen molar-refractivity contribution in [1.82, 2.24) is 21.3 Å². The molecule has 660 valence electrons. The van der Waals surface area contributed by atoms with Crippen LogP contribution in [0.1, 0.15) is 53.4 Å². The van der Waals surface area contributed by atoms with Crippen molar-refractivity contribution in [3.05, 3.63) is 0 Å². The van der Waals surface area contributed by atoms with Gasteiger partial charge in [-0.05, 0) is 20.8 Å². The smallest absolute Gasteiger partial charge is 0.307 e. The molecule has 0 aromatic heterocycles. The number of amides is 4. The molecule has 1 fully saturated rings. The fourth-order valence-electron chi connectivity index (χ4n) is 9.03. The predicted octanol–water partition coefficient (Wildman–Crippen LogP) is -2.72. The minimum absolute atomic E-state index is 0.0180. The number of aliphatic carboxylic acids is 1. The maximum atomic E-state index is 13.2. The first-order chi connectivity index (χ1) is 54.5. The molecule has 0 aromatic rings. The van der Waals surface area contributed by atoms with E-state index in [2.05, 4.69) is 21.3 Å². The Hall–Kier alpha value is -4.30. The molecule has 40 nitrogen and oxygen atoms in total. The van der Waals surface area contributed by atoms with Crippen molar-refractivity contribution in [1.29, 1.82) is 0 Å². The summed E-state index contributed by atoms with van der Waals surface area (Å²) in [5, 5.41) is 49.3. The number of hydrogen-bond acceptors (Lipinski definition) is 35. The fraction of sp³-hybridized carbons (Fsp3) is 0.917. The summed E-state index contributed by atoms with van der Waals surface area (Å²) >= 11 is 0. The molecule has 1 aliphatic heterocycles. The molecule has 1 aliphatic rings. The lowest BCUT2D eigenvalue weighted by Crippen LogP contribution is -2.68. The third-order valence-corrected chi connectivity index (χ3v) is 14.5. The van der Waals surface area contributed by atoms with Gasteiger partial charge >= 0.3 is 11.9 Å². The second-order valence-electron chi connectivity index (χ2n) is 25.0. The second-order valence-corrected chi connectivity index (χ2v) is 25.0. The molecule has 1 rings (SSSR count). The molecule has 0 saturated carbocycles. The van der Waals surface area contributed by atoms with Crippen LogP contribution in [0.2, 0.25) is 0 Å². The average molecular weight is 1630 g/mol. The van der Waals surface area contributed by atoms with Crippen LogP contribution in [0, 0.1) is 5.92 Å². The zero-order valence-corrected chi connectivity index (χ0v) is 66.7. The van der Waals surface area contributed by atoms with Gasteiger partial charge < -0.3 is 165 Å². The van der Waals surface area contributed by atoms with Crippen LogP contribution >= 0.6 is 0 Å². The van der Waals surface area contributed by atoms with Crippen LogP contribution in [0.15, 0.2) is 0 Å². The minimum Gasteiger partial charge on any atom is -0.481 e. The van der Waals surface area contributed by atoms with Crippen LogP contribution in [0.5, 0.6) is 0 Å². The van der Waals surface area contributed by atoms with Crippen LogP contribution < -0.4 is 21.3 Å². The Balaban J connectivity index is 1.76. The SMILES string of the molecule is CC(=O)NC1C(NC(=O)C[C@H](CC(=O)OC(C)(C)C)C(=O)NCCOCCOCCOCCOCCOCCOCCOCCOCCOCCOCCOCCOCCC(=O)NCCOCCOCCOCCOCCOCCOCCOCCOCCOCCOCCOCCOCCC(=O)O)OC(CO)C(O)C1O. The van der Waals surface area contributed by atoms with E-state index >= 15 is 0 Å². The first kappa shape index (κ1) is 106. The molecule has 40 heteroatoms. The second kappa shape index (κ2) is 79.2. The van der Waals surface area contributed by atoms with Crippen molar-refractivity contribution in [3.63, 3.8) is 0 Å². The van der Waals surface area contributed by atoms with Gasteiger partial charge in [0.2, 0.25) is 23.6 Å². The number of esters is 1. The molecule has 0 spiro atoms. The Bertz CT molecular complexity index is 2170. The minimum atomic E-state index is -1.60. The number of rotatable bonds is 86. The van der Waals surface area contributed by atoms with Crippen LogP contribution in [0.4, 0.5) is 0 Å². The van der Waals surface area contributed by atoms with Gasteiger partial charge in [0.15, 0.2) is 6.23 Å². The van der Waals surface area contributed by atoms with Gasteiger partial charge in [-0.1, -0.05) is 0 Å². The molecule has 0 bridgehead atoms. The third kappa shape index (κ3) is 72.2. The quantitative estimate of drug-likeness (QED) is 0.0227. The van der Waals surface area contributed by atoms with E-state index in [0.29, 0.717) is 291 Å². The highest BCUT2D eigenvalue weighted by Gasteiger charge is 2.45. The van der Waals surface area contributed by atoms with Gasteiger partial charge in [0.25, 0.3) is 0 Å². The topological polar surface area (TPSA) is 471 Å². The van der Waals surface area contributed by atoms with E-state index in [-0.39, 0.29) is 58.3 Å². The lowest BCUT2D eigenvalue weighted by atomic mass is 9.95. The molecule has 0 aliphatic carbocycles. The molecule has 1 heterocycles. The van der Waals surface area contributed by atoms with Crippen molar-refractivity contribution in [2.45, 2.75) is 89.6 Å². The van der Waals surface area contributed by atoms with E-state index < -0.39 is 91.2 Å². The highest BCUT2D eigenvalue weighted by Crippen LogP contribution is 2.22. The summed E-state index contributed by atoms with van der Waals surface area (Å²) in [4.78, 5) is 73.3. The predicted molar refractivity (Wildman–Crippen MR) is 395 cm³/mol. The molecule has 8 N–H and O–H groups in total. The lowest BCUT2D eigenvalue weighted by molar-refractivity contribution is -0.203. The van der Waals surface area contributed by atoms with E-state index in [1.807, 2.05) is 0 Å². The van der Waals surface area contributed by atoms with Gasteiger partial charge in [0, 0.05) is 32.9 Å². The van der Waals surface area contributed by atoms with Crippen LogP contribution in [0.25, 0.3) is 0 Å². The first-order valence-electron chi connectivity index (χ1n) is 38.6. The number of aliphatic hydroxyl groups is 3. The number of ether oxygens (including phenoxy) is 26. The van der Waals surface area contributed by atoms with Crippen molar-refractivity contribution in [2.24, 2.45) is 5.92 Å². The van der Waals surface area contributed by atoms with E-state index in [1.165, 1.54) is 6.92 Å². The maximum Gasteiger partial charge on any atom is 0.307 e. The van der Waals surface area contributed by atoms with Crippen LogP contribution in [-0.2, 0) is 152 Å². The summed E-state index contributed by atoms with van der Waals surface area (Å²) in [6.07, 6.45) is -6.53. The van der Waals surface area contributed by atoms with E-state index in [4.69, 9.17) is 128 Å². The molecule has 1 saturated heterocycles. The number of carbonyl (C=O) groups is 6. The summed E-state index contributed by atoms with van der Waals surface area (Å²) in [6.45, 7) is 25.1. The zero-order valence-electron chi connectivity index (χ0n) is 66.7. The Morgan fingerprint density at radius 1 is 0.339 bits per heavy atom. The Morgan fingerprint density at radius 2 is 0.598 bits per heavy atom. The highest BCUT2D eigenvalue weighted by molar-refractivity contribution is 5.89. The summed E-state index contributed by atoms with van der Waals surface area (Å²) in [6, 6.07) is -1.28. The van der Waals surface area contributed by atoms with E-state index in [1.54, 1.807) is 20.8 Å². The number of carbonyl (C=O) groups excluding carboxylic acids is 5. The Kier molecular flexibility index (Phi) is 74.7. The molecule has 112 heavy (non-hydrogen) atoms. The fourth-order valence-corrected chi connectivity index (χ4v) is 9.03. The van der Waals surface area contributed by atoms with Gasteiger partial charge in [-0.25, -0.2) is 0 Å². The third-order valence-electron chi connectivity index (χ3n) is 14.5. The lowest BCUT2D eigenvalue weighted by Gasteiger charge is -2.42. The normalized spacial score (nSPS) is 16.0. The Morgan fingerprint density at radius 3 is 0.857 bits per heavy atom. The van der Waals surface area contributed by atoms with E-state index in [9.17, 15) is 44.1 Å². The van der Waals surface area contributed by atoms with E-state index in [0.717, 1.165) is 0 Å². The van der Waals surface area contributed by atoms with Crippen LogP contribution in [-0.4, -0.2) is 429 Å². The molecular formula is C72H136N4O36. The number of carboxylic acid groups (broad SMARTS) is 1. The summed E-state index contributed by atoms with van der Waals surface area (Å²) < 4.78 is 143. The zero-order chi connectivity index (χ0) is 81.5. The first-order valence-corrected chi connectivity index (χ1v) is 38.6. The molecular weight excluding hydrogens is 1500 g/mol. The van der Waals surface area contributed by atoms with Gasteiger partial charge in [-0.3, -0.25) is 28.8 Å². The number of nitrogens with one attached hydrogen (secondary N) is 4. The summed E-state index contributed by atoms with van der Waals surface area (Å²) in [5.74, 6) is -4.88. The molecule has 4 amide bonds. The summed E-state index contributed by atoms with van der Waals surface area (Å²) in [5.41, 5.74) is -0.851. The largest absolute Gasteiger partial charge is 0.481 e. The monoisotopic (exact) mass is 1630 g/mol. The maximum absolute atomic E-state index is 13.2.